The summed E-state index contributed by atoms with van der Waals surface area (Å²) in [4.78, 5) is 36.9. The molecule has 25 heavy (non-hydrogen) atoms. The third kappa shape index (κ3) is 3.06. The van der Waals surface area contributed by atoms with Crippen molar-refractivity contribution in [2.24, 2.45) is 0 Å². The first kappa shape index (κ1) is 16.9. The van der Waals surface area contributed by atoms with Gasteiger partial charge in [-0.25, -0.2) is 13.8 Å². The Bertz CT molecular complexity index is 1040. The second-order valence-corrected chi connectivity index (χ2v) is 5.95. The zero-order chi connectivity index (χ0) is 18.1. The normalized spacial score (nSPS) is 12.5. The fourth-order valence-corrected chi connectivity index (χ4v) is 2.99. The number of nitriles is 1. The van der Waals surface area contributed by atoms with E-state index < -0.39 is 29.5 Å². The number of carbonyl (C=O) groups excluding carboxylic acids is 1. The minimum atomic E-state index is -0.784. The lowest BCUT2D eigenvalue weighted by Crippen LogP contribution is -2.44. The smallest absolute Gasteiger partial charge is 0.324 e. The van der Waals surface area contributed by atoms with Crippen molar-refractivity contribution >= 4 is 23.2 Å². The van der Waals surface area contributed by atoms with Crippen molar-refractivity contribution in [2.45, 2.75) is 25.9 Å². The van der Waals surface area contributed by atoms with Crippen molar-refractivity contribution in [2.75, 3.05) is 5.32 Å². The summed E-state index contributed by atoms with van der Waals surface area (Å²) in [6.45, 7) is -0.153. The van der Waals surface area contributed by atoms with E-state index in [0.717, 1.165) is 10.6 Å². The SMILES string of the molecule is N#Cc1c2n(c(=O)n(CC(=O)Nc3ccc(F)c(Cl)c3)c1=O)CCC2. The third-order valence-electron chi connectivity index (χ3n) is 3.95. The van der Waals surface area contributed by atoms with E-state index in [1.165, 1.54) is 16.7 Å². The van der Waals surface area contributed by atoms with E-state index in [0.29, 0.717) is 25.1 Å². The molecule has 0 atom stereocenters. The van der Waals surface area contributed by atoms with Crippen LogP contribution in [0.25, 0.3) is 0 Å². The summed E-state index contributed by atoms with van der Waals surface area (Å²) in [6, 6.07) is 5.42. The van der Waals surface area contributed by atoms with Crippen LogP contribution in [0.2, 0.25) is 5.02 Å². The Morgan fingerprint density at radius 1 is 1.40 bits per heavy atom. The Morgan fingerprint density at radius 2 is 2.16 bits per heavy atom. The number of hydrogen-bond acceptors (Lipinski definition) is 4. The molecule has 2 aromatic rings. The lowest BCUT2D eigenvalue weighted by Gasteiger charge is -2.11. The summed E-state index contributed by atoms with van der Waals surface area (Å²) in [5, 5.41) is 11.5. The molecule has 1 N–H and O–H groups in total. The Balaban J connectivity index is 1.92. The molecule has 3 rings (SSSR count). The number of aromatic nitrogens is 2. The average Bonchev–Trinajstić information content (AvgIpc) is 3.05. The van der Waals surface area contributed by atoms with Gasteiger partial charge in [0.25, 0.3) is 5.56 Å². The number of nitrogens with one attached hydrogen (secondary N) is 1. The van der Waals surface area contributed by atoms with Crippen LogP contribution >= 0.6 is 11.6 Å². The maximum absolute atomic E-state index is 13.1. The molecule has 0 spiro atoms. The molecule has 0 aliphatic carbocycles. The lowest BCUT2D eigenvalue weighted by atomic mass is 10.2. The van der Waals surface area contributed by atoms with Gasteiger partial charge in [-0.3, -0.25) is 14.2 Å². The molecule has 2 heterocycles. The van der Waals surface area contributed by atoms with Gasteiger partial charge in [0.05, 0.1) is 5.02 Å². The van der Waals surface area contributed by atoms with E-state index in [4.69, 9.17) is 11.6 Å². The molecule has 0 radical (unpaired) electrons. The number of hydrogen-bond donors (Lipinski definition) is 1. The molecule has 128 valence electrons. The molecular weight excluding hydrogens is 351 g/mol. The first-order chi connectivity index (χ1) is 11.9. The van der Waals surface area contributed by atoms with Gasteiger partial charge in [-0.15, -0.1) is 0 Å². The van der Waals surface area contributed by atoms with E-state index in [1.807, 2.05) is 6.07 Å². The summed E-state index contributed by atoms with van der Waals surface area (Å²) in [5.74, 6) is -1.30. The number of anilines is 1. The predicted molar refractivity (Wildman–Crippen MR) is 88.0 cm³/mol. The summed E-state index contributed by atoms with van der Waals surface area (Å²) in [7, 11) is 0. The van der Waals surface area contributed by atoms with Gasteiger partial charge in [0.1, 0.15) is 24.0 Å². The van der Waals surface area contributed by atoms with Crippen molar-refractivity contribution in [1.29, 1.82) is 5.26 Å². The monoisotopic (exact) mass is 362 g/mol. The van der Waals surface area contributed by atoms with Crippen molar-refractivity contribution in [1.82, 2.24) is 9.13 Å². The molecule has 0 fully saturated rings. The number of rotatable bonds is 3. The largest absolute Gasteiger partial charge is 0.331 e. The standard InChI is InChI=1S/C16H12ClFN4O3/c17-11-6-9(3-4-12(11)18)20-14(23)8-22-15(24)10(7-19)13-2-1-5-21(13)16(22)25/h3-4,6H,1-2,5,8H2,(H,20,23). The lowest BCUT2D eigenvalue weighted by molar-refractivity contribution is -0.116. The summed E-state index contributed by atoms with van der Waals surface area (Å²) in [5.41, 5.74) is -0.878. The maximum Gasteiger partial charge on any atom is 0.331 e. The van der Waals surface area contributed by atoms with Gasteiger partial charge in [-0.2, -0.15) is 5.26 Å². The van der Waals surface area contributed by atoms with Gasteiger partial charge in [-0.1, -0.05) is 11.6 Å². The Labute approximate surface area is 145 Å². The average molecular weight is 363 g/mol. The maximum atomic E-state index is 13.1. The molecule has 0 saturated heterocycles. The van der Waals surface area contributed by atoms with Gasteiger partial charge >= 0.3 is 5.69 Å². The molecule has 0 bridgehead atoms. The Morgan fingerprint density at radius 3 is 2.84 bits per heavy atom. The van der Waals surface area contributed by atoms with Gasteiger partial charge in [0.2, 0.25) is 5.91 Å². The predicted octanol–water partition coefficient (Wildman–Crippen LogP) is 1.26. The molecule has 1 amide bonds. The van der Waals surface area contributed by atoms with E-state index in [1.54, 1.807) is 0 Å². The number of benzene rings is 1. The van der Waals surface area contributed by atoms with Crippen molar-refractivity contribution < 1.29 is 9.18 Å². The number of halogens is 2. The second kappa shape index (κ2) is 6.53. The molecule has 0 saturated carbocycles. The molecule has 9 heteroatoms. The van der Waals surface area contributed by atoms with Gasteiger partial charge in [-0.05, 0) is 31.0 Å². The fourth-order valence-electron chi connectivity index (χ4n) is 2.81. The molecule has 1 aromatic carbocycles. The summed E-state index contributed by atoms with van der Waals surface area (Å²) in [6.07, 6.45) is 1.14. The zero-order valence-corrected chi connectivity index (χ0v) is 13.6. The van der Waals surface area contributed by atoms with E-state index in [-0.39, 0.29) is 16.3 Å². The molecule has 1 aliphatic heterocycles. The third-order valence-corrected chi connectivity index (χ3v) is 4.24. The van der Waals surface area contributed by atoms with Crippen LogP contribution in [0.3, 0.4) is 0 Å². The van der Waals surface area contributed by atoms with Crippen LogP contribution in [0.1, 0.15) is 17.7 Å². The number of carbonyl (C=O) groups is 1. The van der Waals surface area contributed by atoms with Crippen LogP contribution in [0.5, 0.6) is 0 Å². The Hall–Kier alpha value is -2.92. The first-order valence-electron chi connectivity index (χ1n) is 7.44. The van der Waals surface area contributed by atoms with Crippen LogP contribution in [0.4, 0.5) is 10.1 Å². The second-order valence-electron chi connectivity index (χ2n) is 5.54. The highest BCUT2D eigenvalue weighted by atomic mass is 35.5. The van der Waals surface area contributed by atoms with Crippen LogP contribution in [-0.4, -0.2) is 15.0 Å². The number of fused-ring (bicyclic) bond motifs is 1. The van der Waals surface area contributed by atoms with Crippen LogP contribution in [0.15, 0.2) is 27.8 Å². The highest BCUT2D eigenvalue weighted by Gasteiger charge is 2.23. The first-order valence-corrected chi connectivity index (χ1v) is 7.81. The van der Waals surface area contributed by atoms with Crippen LogP contribution < -0.4 is 16.6 Å². The number of nitrogens with zero attached hydrogens (tertiary/aromatic N) is 3. The summed E-state index contributed by atoms with van der Waals surface area (Å²) >= 11 is 5.64. The minimum absolute atomic E-state index is 0.116. The van der Waals surface area contributed by atoms with Crippen LogP contribution in [0, 0.1) is 17.1 Å². The fraction of sp³-hybridized carbons (Fsp3) is 0.250. The highest BCUT2D eigenvalue weighted by molar-refractivity contribution is 6.31. The van der Waals surface area contributed by atoms with E-state index in [9.17, 15) is 24.0 Å². The quantitative estimate of drug-likeness (QED) is 0.888. The molecule has 7 nitrogen and oxygen atoms in total. The van der Waals surface area contributed by atoms with Crippen molar-refractivity contribution in [3.05, 3.63) is 61.1 Å². The van der Waals surface area contributed by atoms with Gasteiger partial charge in [0, 0.05) is 17.9 Å². The Kier molecular flexibility index (Phi) is 4.42. The molecular formula is C16H12ClFN4O3. The van der Waals surface area contributed by atoms with Gasteiger partial charge in [0.15, 0.2) is 0 Å². The minimum Gasteiger partial charge on any atom is -0.324 e. The van der Waals surface area contributed by atoms with E-state index in [2.05, 4.69) is 5.32 Å². The molecule has 1 aromatic heterocycles. The van der Waals surface area contributed by atoms with E-state index >= 15 is 0 Å². The van der Waals surface area contributed by atoms with Crippen molar-refractivity contribution in [3.8, 4) is 6.07 Å². The molecule has 0 unspecified atom stereocenters. The topological polar surface area (TPSA) is 96.9 Å². The van der Waals surface area contributed by atoms with Gasteiger partial charge < -0.3 is 5.32 Å². The molecule has 1 aliphatic rings. The zero-order valence-electron chi connectivity index (χ0n) is 12.9. The highest BCUT2D eigenvalue weighted by Crippen LogP contribution is 2.19. The summed E-state index contributed by atoms with van der Waals surface area (Å²) < 4.78 is 15.2. The van der Waals surface area contributed by atoms with Crippen LogP contribution in [-0.2, 0) is 24.3 Å². The van der Waals surface area contributed by atoms with Crippen molar-refractivity contribution in [3.63, 3.8) is 0 Å². The number of amides is 1.